The molecular formula is C14H28O4Si. The van der Waals surface area contributed by atoms with Crippen molar-refractivity contribution in [3.8, 4) is 0 Å². The first kappa shape index (κ1) is 18.3. The number of aliphatic hydroxyl groups is 1. The molecule has 0 spiro atoms. The van der Waals surface area contributed by atoms with Crippen LogP contribution in [-0.2, 0) is 14.0 Å². The Kier molecular flexibility index (Phi) is 7.55. The molecule has 4 nitrogen and oxygen atoms in total. The van der Waals surface area contributed by atoms with E-state index in [-0.39, 0.29) is 11.0 Å². The summed E-state index contributed by atoms with van der Waals surface area (Å²) in [6.45, 7) is 13.2. The van der Waals surface area contributed by atoms with Gasteiger partial charge in [0.05, 0.1) is 19.3 Å². The Bertz CT molecular complexity index is 305. The summed E-state index contributed by atoms with van der Waals surface area (Å²) in [5.74, 6) is -0.375. The molecule has 0 aliphatic rings. The van der Waals surface area contributed by atoms with Gasteiger partial charge in [0.15, 0.2) is 8.32 Å². The highest BCUT2D eigenvalue weighted by molar-refractivity contribution is 6.74. The van der Waals surface area contributed by atoms with E-state index in [4.69, 9.17) is 9.16 Å². The maximum absolute atomic E-state index is 11.1. The average molecular weight is 288 g/mol. The van der Waals surface area contributed by atoms with Crippen LogP contribution in [0, 0.1) is 0 Å². The van der Waals surface area contributed by atoms with E-state index >= 15 is 0 Å². The predicted octanol–water partition coefficient (Wildman–Crippen LogP) is 2.88. The molecule has 0 aliphatic carbocycles. The van der Waals surface area contributed by atoms with Gasteiger partial charge in [-0.05, 0) is 31.5 Å². The van der Waals surface area contributed by atoms with Crippen LogP contribution in [0.1, 0.15) is 34.1 Å². The van der Waals surface area contributed by atoms with Gasteiger partial charge in [0.25, 0.3) is 0 Å². The molecule has 0 amide bonds. The Labute approximate surface area is 117 Å². The SMILES string of the molecule is CCOC(=O)/C=C/CC(O)CO[Si](C)(C)C(C)(C)C. The first-order valence-electron chi connectivity index (χ1n) is 6.75. The smallest absolute Gasteiger partial charge is 0.330 e. The number of aliphatic hydroxyl groups excluding tert-OH is 1. The third-order valence-corrected chi connectivity index (χ3v) is 7.89. The van der Waals surface area contributed by atoms with Gasteiger partial charge in [0.2, 0.25) is 0 Å². The monoisotopic (exact) mass is 288 g/mol. The molecule has 1 N–H and O–H groups in total. The Hall–Kier alpha value is -0.653. The molecule has 0 heterocycles. The maximum Gasteiger partial charge on any atom is 0.330 e. The number of hydrogen-bond donors (Lipinski definition) is 1. The molecule has 1 atom stereocenters. The lowest BCUT2D eigenvalue weighted by molar-refractivity contribution is -0.137. The van der Waals surface area contributed by atoms with Gasteiger partial charge in [-0.1, -0.05) is 26.8 Å². The van der Waals surface area contributed by atoms with E-state index in [2.05, 4.69) is 33.9 Å². The molecule has 0 bridgehead atoms. The number of carbonyl (C=O) groups excluding carboxylic acids is 1. The van der Waals surface area contributed by atoms with Gasteiger partial charge < -0.3 is 14.3 Å². The number of esters is 1. The Morgan fingerprint density at radius 3 is 2.42 bits per heavy atom. The molecule has 0 aromatic carbocycles. The van der Waals surface area contributed by atoms with Crippen LogP contribution in [0.4, 0.5) is 0 Å². The summed E-state index contributed by atoms with van der Waals surface area (Å²) < 4.78 is 10.7. The topological polar surface area (TPSA) is 55.8 Å². The van der Waals surface area contributed by atoms with E-state index in [1.165, 1.54) is 6.08 Å². The van der Waals surface area contributed by atoms with E-state index in [1.807, 2.05) is 0 Å². The molecule has 0 rings (SSSR count). The molecule has 19 heavy (non-hydrogen) atoms. The molecule has 0 aromatic rings. The summed E-state index contributed by atoms with van der Waals surface area (Å²) in [4.78, 5) is 11.1. The summed E-state index contributed by atoms with van der Waals surface area (Å²) in [5, 5.41) is 9.95. The zero-order valence-electron chi connectivity index (χ0n) is 13.0. The molecule has 0 radical (unpaired) electrons. The molecular weight excluding hydrogens is 260 g/mol. The summed E-state index contributed by atoms with van der Waals surface area (Å²) in [6.07, 6.45) is 2.78. The van der Waals surface area contributed by atoms with Crippen LogP contribution < -0.4 is 0 Å². The lowest BCUT2D eigenvalue weighted by Gasteiger charge is -2.36. The van der Waals surface area contributed by atoms with Gasteiger partial charge in [-0.3, -0.25) is 0 Å². The van der Waals surface area contributed by atoms with Gasteiger partial charge in [0.1, 0.15) is 0 Å². The first-order chi connectivity index (χ1) is 8.60. The second kappa shape index (κ2) is 7.82. The van der Waals surface area contributed by atoms with Crippen molar-refractivity contribution in [2.75, 3.05) is 13.2 Å². The summed E-state index contributed by atoms with van der Waals surface area (Å²) in [6, 6.07) is 0. The largest absolute Gasteiger partial charge is 0.463 e. The zero-order valence-corrected chi connectivity index (χ0v) is 14.0. The Morgan fingerprint density at radius 1 is 1.37 bits per heavy atom. The van der Waals surface area contributed by atoms with E-state index in [0.29, 0.717) is 19.6 Å². The molecule has 1 unspecified atom stereocenters. The average Bonchev–Trinajstić information content (AvgIpc) is 2.25. The summed E-state index contributed by atoms with van der Waals surface area (Å²) in [5.41, 5.74) is 0. The van der Waals surface area contributed by atoms with Gasteiger partial charge >= 0.3 is 5.97 Å². The normalized spacial score (nSPS) is 14.7. The van der Waals surface area contributed by atoms with Gasteiger partial charge in [-0.15, -0.1) is 0 Å². The first-order valence-corrected chi connectivity index (χ1v) is 9.66. The highest BCUT2D eigenvalue weighted by atomic mass is 28.4. The van der Waals surface area contributed by atoms with Crippen molar-refractivity contribution in [3.63, 3.8) is 0 Å². The van der Waals surface area contributed by atoms with Crippen molar-refractivity contribution >= 4 is 14.3 Å². The minimum atomic E-state index is -1.82. The highest BCUT2D eigenvalue weighted by Gasteiger charge is 2.37. The fourth-order valence-corrected chi connectivity index (χ4v) is 2.14. The van der Waals surface area contributed by atoms with E-state index in [9.17, 15) is 9.90 Å². The van der Waals surface area contributed by atoms with Gasteiger partial charge in [0, 0.05) is 6.08 Å². The fraction of sp³-hybridized carbons (Fsp3) is 0.786. The van der Waals surface area contributed by atoms with Crippen molar-refractivity contribution in [2.24, 2.45) is 0 Å². The maximum atomic E-state index is 11.1. The van der Waals surface area contributed by atoms with Gasteiger partial charge in [-0.2, -0.15) is 0 Å². The molecule has 0 saturated carbocycles. The standard InChI is InChI=1S/C14H28O4Si/c1-7-17-13(16)10-8-9-12(15)11-18-19(5,6)14(2,3)4/h8,10,12,15H,7,9,11H2,1-6H3/b10-8+. The Balaban J connectivity index is 4.07. The van der Waals surface area contributed by atoms with Crippen LogP contribution in [-0.4, -0.2) is 38.7 Å². The highest BCUT2D eigenvalue weighted by Crippen LogP contribution is 2.36. The fourth-order valence-electron chi connectivity index (χ4n) is 1.10. The van der Waals surface area contributed by atoms with Crippen molar-refractivity contribution in [1.29, 1.82) is 0 Å². The molecule has 0 aromatic heterocycles. The van der Waals surface area contributed by atoms with Crippen molar-refractivity contribution in [1.82, 2.24) is 0 Å². The Morgan fingerprint density at radius 2 is 1.95 bits per heavy atom. The predicted molar refractivity (Wildman–Crippen MR) is 79.5 cm³/mol. The number of rotatable bonds is 7. The van der Waals surface area contributed by atoms with Crippen LogP contribution in [0.5, 0.6) is 0 Å². The summed E-state index contributed by atoms with van der Waals surface area (Å²) in [7, 11) is -1.82. The molecule has 0 saturated heterocycles. The molecule has 5 heteroatoms. The quantitative estimate of drug-likeness (QED) is 0.444. The van der Waals surface area contributed by atoms with E-state index in [0.717, 1.165) is 0 Å². The van der Waals surface area contributed by atoms with Crippen LogP contribution in [0.15, 0.2) is 12.2 Å². The lowest BCUT2D eigenvalue weighted by Crippen LogP contribution is -2.42. The second-order valence-corrected chi connectivity index (χ2v) is 10.9. The van der Waals surface area contributed by atoms with Crippen LogP contribution >= 0.6 is 0 Å². The third-order valence-electron chi connectivity index (χ3n) is 3.39. The number of hydrogen-bond acceptors (Lipinski definition) is 4. The molecule has 112 valence electrons. The van der Waals surface area contributed by atoms with E-state index in [1.54, 1.807) is 13.0 Å². The van der Waals surface area contributed by atoms with Crippen molar-refractivity contribution in [2.45, 2.75) is 58.4 Å². The lowest BCUT2D eigenvalue weighted by atomic mass is 10.2. The second-order valence-electron chi connectivity index (χ2n) is 6.12. The number of carbonyl (C=O) groups is 1. The van der Waals surface area contributed by atoms with Crippen LogP contribution in [0.3, 0.4) is 0 Å². The molecule has 0 fully saturated rings. The third kappa shape index (κ3) is 7.50. The van der Waals surface area contributed by atoms with Crippen molar-refractivity contribution < 1.29 is 19.1 Å². The number of ether oxygens (including phenoxy) is 1. The summed E-state index contributed by atoms with van der Waals surface area (Å²) >= 11 is 0. The minimum Gasteiger partial charge on any atom is -0.463 e. The van der Waals surface area contributed by atoms with E-state index < -0.39 is 14.4 Å². The van der Waals surface area contributed by atoms with Crippen LogP contribution in [0.25, 0.3) is 0 Å². The van der Waals surface area contributed by atoms with Crippen LogP contribution in [0.2, 0.25) is 18.1 Å². The van der Waals surface area contributed by atoms with Crippen molar-refractivity contribution in [3.05, 3.63) is 12.2 Å². The van der Waals surface area contributed by atoms with Gasteiger partial charge in [-0.25, -0.2) is 4.79 Å². The minimum absolute atomic E-state index is 0.132. The zero-order chi connectivity index (χ0) is 15.1. The molecule has 0 aliphatic heterocycles.